The number of anilines is 2. The SMILES string of the molecule is CNCCN(C)c1ccc(N)c(C(F)(F)F)c1. The van der Waals surface area contributed by atoms with Gasteiger partial charge in [0, 0.05) is 31.5 Å². The Morgan fingerprint density at radius 1 is 1.35 bits per heavy atom. The van der Waals surface area contributed by atoms with E-state index in [1.807, 2.05) is 0 Å². The number of nitrogen functional groups attached to an aromatic ring is 1. The fraction of sp³-hybridized carbons (Fsp3) is 0.455. The molecule has 96 valence electrons. The molecular weight excluding hydrogens is 231 g/mol. The Bertz CT molecular complexity index is 377. The second-order valence-corrected chi connectivity index (χ2v) is 3.79. The molecule has 0 spiro atoms. The topological polar surface area (TPSA) is 41.3 Å². The van der Waals surface area contributed by atoms with Crippen LogP contribution in [0.1, 0.15) is 5.56 Å². The van der Waals surface area contributed by atoms with Crippen molar-refractivity contribution in [3.05, 3.63) is 23.8 Å². The van der Waals surface area contributed by atoms with Crippen LogP contribution in [0.5, 0.6) is 0 Å². The van der Waals surface area contributed by atoms with Gasteiger partial charge in [-0.3, -0.25) is 0 Å². The van der Waals surface area contributed by atoms with Gasteiger partial charge in [0.2, 0.25) is 0 Å². The van der Waals surface area contributed by atoms with Gasteiger partial charge in [-0.15, -0.1) is 0 Å². The molecule has 0 aliphatic carbocycles. The lowest BCUT2D eigenvalue weighted by molar-refractivity contribution is -0.136. The molecule has 0 saturated heterocycles. The third-order valence-corrected chi connectivity index (χ3v) is 2.48. The molecule has 3 nitrogen and oxygen atoms in total. The van der Waals surface area contributed by atoms with Gasteiger partial charge in [0.25, 0.3) is 0 Å². The predicted octanol–water partition coefficient (Wildman–Crippen LogP) is 1.94. The maximum absolute atomic E-state index is 12.6. The zero-order chi connectivity index (χ0) is 13.1. The van der Waals surface area contributed by atoms with Gasteiger partial charge in [-0.05, 0) is 25.2 Å². The molecular formula is C11H16F3N3. The predicted molar refractivity (Wildman–Crippen MR) is 63.1 cm³/mol. The summed E-state index contributed by atoms with van der Waals surface area (Å²) in [6, 6.07) is 3.94. The average molecular weight is 247 g/mol. The monoisotopic (exact) mass is 247 g/mol. The molecule has 0 saturated carbocycles. The number of likely N-dealkylation sites (N-methyl/N-ethyl adjacent to an activating group) is 2. The van der Waals surface area contributed by atoms with Gasteiger partial charge in [-0.25, -0.2) is 0 Å². The molecule has 17 heavy (non-hydrogen) atoms. The molecule has 3 N–H and O–H groups in total. The molecule has 0 bridgehead atoms. The first-order chi connectivity index (χ1) is 7.86. The zero-order valence-electron chi connectivity index (χ0n) is 9.80. The molecule has 0 amide bonds. The van der Waals surface area contributed by atoms with E-state index in [-0.39, 0.29) is 5.69 Å². The van der Waals surface area contributed by atoms with E-state index in [4.69, 9.17) is 5.73 Å². The number of hydrogen-bond donors (Lipinski definition) is 2. The number of halogens is 3. The first-order valence-electron chi connectivity index (χ1n) is 5.18. The zero-order valence-corrected chi connectivity index (χ0v) is 9.80. The van der Waals surface area contributed by atoms with Crippen LogP contribution in [0.2, 0.25) is 0 Å². The number of nitrogens with zero attached hydrogens (tertiary/aromatic N) is 1. The van der Waals surface area contributed by atoms with Gasteiger partial charge >= 0.3 is 6.18 Å². The van der Waals surface area contributed by atoms with Crippen LogP contribution in [0.25, 0.3) is 0 Å². The largest absolute Gasteiger partial charge is 0.418 e. The van der Waals surface area contributed by atoms with Crippen LogP contribution in [0.3, 0.4) is 0 Å². The van der Waals surface area contributed by atoms with E-state index in [0.717, 1.165) is 6.07 Å². The Morgan fingerprint density at radius 3 is 2.53 bits per heavy atom. The lowest BCUT2D eigenvalue weighted by Crippen LogP contribution is -2.27. The molecule has 0 aliphatic heterocycles. The number of benzene rings is 1. The Balaban J connectivity index is 2.96. The summed E-state index contributed by atoms with van der Waals surface area (Å²) in [4.78, 5) is 1.74. The second-order valence-electron chi connectivity index (χ2n) is 3.79. The van der Waals surface area contributed by atoms with Crippen molar-refractivity contribution >= 4 is 11.4 Å². The van der Waals surface area contributed by atoms with Gasteiger partial charge in [0.1, 0.15) is 0 Å². The van der Waals surface area contributed by atoms with Crippen molar-refractivity contribution in [2.45, 2.75) is 6.18 Å². The Labute approximate surface area is 98.4 Å². The first kappa shape index (κ1) is 13.6. The summed E-state index contributed by atoms with van der Waals surface area (Å²) in [5, 5.41) is 2.94. The minimum absolute atomic E-state index is 0.247. The fourth-order valence-electron chi connectivity index (χ4n) is 1.44. The van der Waals surface area contributed by atoms with Gasteiger partial charge in [0.05, 0.1) is 5.56 Å². The van der Waals surface area contributed by atoms with Crippen LogP contribution < -0.4 is 16.0 Å². The summed E-state index contributed by atoms with van der Waals surface area (Å²) in [5.41, 5.74) is 4.79. The fourth-order valence-corrected chi connectivity index (χ4v) is 1.44. The van der Waals surface area contributed by atoms with E-state index in [1.54, 1.807) is 25.1 Å². The van der Waals surface area contributed by atoms with E-state index in [0.29, 0.717) is 18.8 Å². The molecule has 0 heterocycles. The quantitative estimate of drug-likeness (QED) is 0.799. The lowest BCUT2D eigenvalue weighted by Gasteiger charge is -2.21. The van der Waals surface area contributed by atoms with Crippen LogP contribution >= 0.6 is 0 Å². The first-order valence-corrected chi connectivity index (χ1v) is 5.18. The second kappa shape index (κ2) is 5.27. The average Bonchev–Trinajstić information content (AvgIpc) is 2.25. The highest BCUT2D eigenvalue weighted by atomic mass is 19.4. The molecule has 1 rings (SSSR count). The number of nitrogens with two attached hydrogens (primary N) is 1. The van der Waals surface area contributed by atoms with E-state index in [1.165, 1.54) is 6.07 Å². The van der Waals surface area contributed by atoms with Crippen molar-refractivity contribution in [2.24, 2.45) is 0 Å². The minimum atomic E-state index is -4.41. The van der Waals surface area contributed by atoms with E-state index in [9.17, 15) is 13.2 Å². The maximum atomic E-state index is 12.6. The Kier molecular flexibility index (Phi) is 4.22. The normalized spacial score (nSPS) is 11.6. The summed E-state index contributed by atoms with van der Waals surface area (Å²) in [6.45, 7) is 1.32. The van der Waals surface area contributed by atoms with Crippen LogP contribution in [0, 0.1) is 0 Å². The van der Waals surface area contributed by atoms with Crippen molar-refractivity contribution in [3.8, 4) is 0 Å². The molecule has 0 unspecified atom stereocenters. The molecule has 1 aromatic rings. The van der Waals surface area contributed by atoms with E-state index < -0.39 is 11.7 Å². The molecule has 0 atom stereocenters. The summed E-state index contributed by atoms with van der Waals surface area (Å²) in [7, 11) is 3.53. The van der Waals surface area contributed by atoms with Crippen LogP contribution in [0.15, 0.2) is 18.2 Å². The van der Waals surface area contributed by atoms with Gasteiger partial charge < -0.3 is 16.0 Å². The van der Waals surface area contributed by atoms with Gasteiger partial charge in [0.15, 0.2) is 0 Å². The van der Waals surface area contributed by atoms with Gasteiger partial charge in [-0.2, -0.15) is 13.2 Å². The van der Waals surface area contributed by atoms with Crippen molar-refractivity contribution in [3.63, 3.8) is 0 Å². The Hall–Kier alpha value is -1.43. The molecule has 0 radical (unpaired) electrons. The molecule has 1 aromatic carbocycles. The summed E-state index contributed by atoms with van der Waals surface area (Å²) in [6.07, 6.45) is -4.41. The van der Waals surface area contributed by atoms with Crippen LogP contribution in [-0.4, -0.2) is 27.2 Å². The van der Waals surface area contributed by atoms with Crippen molar-refractivity contribution in [1.29, 1.82) is 0 Å². The Morgan fingerprint density at radius 2 is 2.00 bits per heavy atom. The minimum Gasteiger partial charge on any atom is -0.398 e. The smallest absolute Gasteiger partial charge is 0.398 e. The third-order valence-electron chi connectivity index (χ3n) is 2.48. The third kappa shape index (κ3) is 3.52. The highest BCUT2D eigenvalue weighted by Gasteiger charge is 2.33. The molecule has 0 aromatic heterocycles. The van der Waals surface area contributed by atoms with Crippen LogP contribution in [0.4, 0.5) is 24.5 Å². The molecule has 0 aliphatic rings. The van der Waals surface area contributed by atoms with Gasteiger partial charge in [-0.1, -0.05) is 0 Å². The van der Waals surface area contributed by atoms with E-state index in [2.05, 4.69) is 5.32 Å². The maximum Gasteiger partial charge on any atom is 0.418 e. The number of rotatable bonds is 4. The molecule has 6 heteroatoms. The number of nitrogens with one attached hydrogen (secondary N) is 1. The standard InChI is InChI=1S/C11H16F3N3/c1-16-5-6-17(2)8-3-4-10(15)9(7-8)11(12,13)14/h3-4,7,16H,5-6,15H2,1-2H3. The van der Waals surface area contributed by atoms with Crippen molar-refractivity contribution in [1.82, 2.24) is 5.32 Å². The van der Waals surface area contributed by atoms with E-state index >= 15 is 0 Å². The summed E-state index contributed by atoms with van der Waals surface area (Å²) >= 11 is 0. The number of alkyl halides is 3. The van der Waals surface area contributed by atoms with Crippen molar-refractivity contribution in [2.75, 3.05) is 37.8 Å². The number of hydrogen-bond acceptors (Lipinski definition) is 3. The molecule has 0 fully saturated rings. The highest BCUT2D eigenvalue weighted by molar-refractivity contribution is 5.59. The lowest BCUT2D eigenvalue weighted by atomic mass is 10.1. The summed E-state index contributed by atoms with van der Waals surface area (Å²) < 4.78 is 37.9. The van der Waals surface area contributed by atoms with Crippen molar-refractivity contribution < 1.29 is 13.2 Å². The summed E-state index contributed by atoms with van der Waals surface area (Å²) in [5.74, 6) is 0. The highest BCUT2D eigenvalue weighted by Crippen LogP contribution is 2.35. The van der Waals surface area contributed by atoms with Crippen LogP contribution in [-0.2, 0) is 6.18 Å².